The van der Waals surface area contributed by atoms with Crippen LogP contribution in [-0.4, -0.2) is 68.7 Å². The minimum absolute atomic E-state index is 0.0928. The SMILES string of the molecule is C=CC(=O)N1C[C@@H]2C(=O)N(C)c3c(c4cc5c(c(F)c4n(-c4c(C)ccnc4C(C)C)c3=O)-c3c(C)ccc4[nH]nc(c34)N5)N2C[C@H]1C. The van der Waals surface area contributed by atoms with Crippen LogP contribution in [0.5, 0.6) is 0 Å². The molecule has 11 nitrogen and oxygen atoms in total. The summed E-state index contributed by atoms with van der Waals surface area (Å²) in [5.74, 6) is -0.686. The molecule has 12 heteroatoms. The number of carbonyl (C=O) groups excluding carboxylic acids is 2. The summed E-state index contributed by atoms with van der Waals surface area (Å²) in [6.45, 7) is 13.7. The fraction of sp³-hybridized carbons (Fsp3) is 0.306. The first-order valence-electron chi connectivity index (χ1n) is 16.1. The largest absolute Gasteiger partial charge is 0.354 e. The molecule has 2 aromatic carbocycles. The van der Waals surface area contributed by atoms with Crippen LogP contribution in [0, 0.1) is 19.7 Å². The molecule has 48 heavy (non-hydrogen) atoms. The predicted molar refractivity (Wildman–Crippen MR) is 185 cm³/mol. The molecule has 0 bridgehead atoms. The van der Waals surface area contributed by atoms with Crippen molar-refractivity contribution in [3.8, 4) is 16.8 Å². The smallest absolute Gasteiger partial charge is 0.281 e. The van der Waals surface area contributed by atoms with Gasteiger partial charge in [-0.3, -0.25) is 29.0 Å². The van der Waals surface area contributed by atoms with Crippen LogP contribution in [0.3, 0.4) is 0 Å². The van der Waals surface area contributed by atoms with Gasteiger partial charge in [0.25, 0.3) is 11.5 Å². The summed E-state index contributed by atoms with van der Waals surface area (Å²) in [6.07, 6.45) is 2.94. The summed E-state index contributed by atoms with van der Waals surface area (Å²) in [6, 6.07) is 6.42. The van der Waals surface area contributed by atoms with E-state index in [0.29, 0.717) is 45.1 Å². The number of aryl methyl sites for hydroxylation is 2. The highest BCUT2D eigenvalue weighted by molar-refractivity contribution is 6.17. The fourth-order valence-electron chi connectivity index (χ4n) is 7.86. The summed E-state index contributed by atoms with van der Waals surface area (Å²) in [5, 5.41) is 12.1. The van der Waals surface area contributed by atoms with Crippen molar-refractivity contribution in [1.29, 1.82) is 0 Å². The summed E-state index contributed by atoms with van der Waals surface area (Å²) in [7, 11) is 1.57. The van der Waals surface area contributed by atoms with Gasteiger partial charge in [-0.25, -0.2) is 4.39 Å². The van der Waals surface area contributed by atoms with Crippen LogP contribution in [0.15, 0.2) is 47.9 Å². The number of nitrogens with one attached hydrogen (secondary N) is 2. The Bertz CT molecular complexity index is 2340. The van der Waals surface area contributed by atoms with E-state index in [0.717, 1.165) is 22.0 Å². The van der Waals surface area contributed by atoms with Gasteiger partial charge in [0.15, 0.2) is 11.6 Å². The van der Waals surface area contributed by atoms with E-state index >= 15 is 9.18 Å². The summed E-state index contributed by atoms with van der Waals surface area (Å²) < 4.78 is 19.3. The van der Waals surface area contributed by atoms with Crippen LogP contribution in [0.1, 0.15) is 43.5 Å². The molecule has 2 N–H and O–H groups in total. The molecule has 5 aromatic rings. The highest BCUT2D eigenvalue weighted by Crippen LogP contribution is 2.51. The van der Waals surface area contributed by atoms with Crippen molar-refractivity contribution in [2.24, 2.45) is 0 Å². The molecule has 1 fully saturated rings. The van der Waals surface area contributed by atoms with E-state index in [9.17, 15) is 9.59 Å². The Balaban J connectivity index is 1.54. The molecule has 8 rings (SSSR count). The first-order valence-corrected chi connectivity index (χ1v) is 16.1. The van der Waals surface area contributed by atoms with Gasteiger partial charge in [-0.05, 0) is 62.1 Å². The number of hydrogen-bond acceptors (Lipinski definition) is 7. The number of fused-ring (bicyclic) bond motifs is 7. The molecule has 3 aromatic heterocycles. The third kappa shape index (κ3) is 3.82. The van der Waals surface area contributed by atoms with Gasteiger partial charge in [0.2, 0.25) is 5.91 Å². The van der Waals surface area contributed by atoms with E-state index in [4.69, 9.17) is 0 Å². The summed E-state index contributed by atoms with van der Waals surface area (Å²) in [5.41, 5.74) is 5.20. The quantitative estimate of drug-likeness (QED) is 0.246. The molecule has 6 heterocycles. The molecule has 244 valence electrons. The fourth-order valence-corrected chi connectivity index (χ4v) is 7.86. The normalized spacial score (nSPS) is 18.2. The minimum Gasteiger partial charge on any atom is -0.354 e. The Kier molecular flexibility index (Phi) is 6.37. The molecule has 3 aliphatic heterocycles. The van der Waals surface area contributed by atoms with E-state index in [2.05, 4.69) is 27.1 Å². The van der Waals surface area contributed by atoms with Crippen molar-refractivity contribution in [2.75, 3.05) is 35.3 Å². The maximum atomic E-state index is 17.9. The monoisotopic (exact) mass is 646 g/mol. The van der Waals surface area contributed by atoms with Crippen molar-refractivity contribution < 1.29 is 14.0 Å². The Morgan fingerprint density at radius 2 is 1.85 bits per heavy atom. The van der Waals surface area contributed by atoms with E-state index < -0.39 is 17.4 Å². The standard InChI is InChI=1S/C36H35FN8O3/c1-8-24(46)43-15-23-35(47)42(7)33-32(44(23)14-19(43)6)20-13-22-26(25-17(4)9-10-21-27(25)34(39-22)41-40-21)28(37)31(20)45(36(33)48)30-18(5)11-12-38-29(30)16(2)3/h8-13,16,19,23H,1,14-15H2,2-7H3,(H2,39,40,41)/t19-,23-/m1/s1. The van der Waals surface area contributed by atoms with E-state index in [-0.39, 0.29) is 48.1 Å². The molecule has 0 saturated carbocycles. The van der Waals surface area contributed by atoms with Gasteiger partial charge >= 0.3 is 0 Å². The number of piperazine rings is 1. The number of anilines is 4. The average Bonchev–Trinajstić information content (AvgIpc) is 3.47. The molecular weight excluding hydrogens is 611 g/mol. The van der Waals surface area contributed by atoms with Crippen LogP contribution in [0.2, 0.25) is 0 Å². The van der Waals surface area contributed by atoms with Crippen LogP contribution >= 0.6 is 0 Å². The lowest BCUT2D eigenvalue weighted by Gasteiger charge is -2.50. The third-order valence-corrected chi connectivity index (χ3v) is 10.2. The minimum atomic E-state index is -0.784. The third-order valence-electron chi connectivity index (χ3n) is 10.2. The second kappa shape index (κ2) is 10.2. The zero-order valence-electron chi connectivity index (χ0n) is 27.6. The van der Waals surface area contributed by atoms with Crippen LogP contribution in [0.25, 0.3) is 38.6 Å². The number of hydrogen-bond donors (Lipinski definition) is 2. The predicted octanol–water partition coefficient (Wildman–Crippen LogP) is 5.43. The molecule has 0 spiro atoms. The van der Waals surface area contributed by atoms with Crippen molar-refractivity contribution in [2.45, 2.75) is 52.6 Å². The molecule has 0 unspecified atom stereocenters. The zero-order valence-corrected chi connectivity index (χ0v) is 27.6. The number of benzene rings is 2. The molecule has 1 saturated heterocycles. The molecule has 0 aliphatic carbocycles. The van der Waals surface area contributed by atoms with E-state index in [1.807, 2.05) is 63.8 Å². The lowest BCUT2D eigenvalue weighted by molar-refractivity contribution is -0.130. The molecule has 2 atom stereocenters. The lowest BCUT2D eigenvalue weighted by Crippen LogP contribution is -2.66. The topological polar surface area (TPSA) is 119 Å². The Morgan fingerprint density at radius 1 is 1.08 bits per heavy atom. The number of nitrogens with zero attached hydrogens (tertiary/aromatic N) is 6. The van der Waals surface area contributed by atoms with Crippen LogP contribution in [0.4, 0.5) is 27.3 Å². The van der Waals surface area contributed by atoms with Crippen molar-refractivity contribution in [3.05, 3.63) is 76.1 Å². The number of halogens is 1. The number of carbonyl (C=O) groups is 2. The van der Waals surface area contributed by atoms with Gasteiger partial charge in [-0.15, -0.1) is 0 Å². The maximum absolute atomic E-state index is 17.9. The van der Waals surface area contributed by atoms with Gasteiger partial charge in [-0.2, -0.15) is 5.10 Å². The average molecular weight is 647 g/mol. The Morgan fingerprint density at radius 3 is 2.58 bits per heavy atom. The van der Waals surface area contributed by atoms with Crippen molar-refractivity contribution >= 4 is 56.5 Å². The van der Waals surface area contributed by atoms with Crippen LogP contribution < -0.4 is 20.7 Å². The molecule has 2 amide bonds. The lowest BCUT2D eigenvalue weighted by atomic mass is 9.89. The number of rotatable bonds is 3. The number of likely N-dealkylation sites (N-methyl/N-ethyl adjacent to an activating group) is 1. The Hall–Kier alpha value is -5.52. The van der Waals surface area contributed by atoms with Crippen LogP contribution in [-0.2, 0) is 9.59 Å². The van der Waals surface area contributed by atoms with Gasteiger partial charge in [0.05, 0.1) is 45.7 Å². The number of H-pyrrole nitrogens is 1. The number of pyridine rings is 2. The van der Waals surface area contributed by atoms with Gasteiger partial charge in [0.1, 0.15) is 11.7 Å². The molecule has 3 aliphatic rings. The van der Waals surface area contributed by atoms with Gasteiger partial charge in [-0.1, -0.05) is 26.5 Å². The summed E-state index contributed by atoms with van der Waals surface area (Å²) >= 11 is 0. The zero-order chi connectivity index (χ0) is 33.9. The second-order valence-corrected chi connectivity index (χ2v) is 13.3. The van der Waals surface area contributed by atoms with E-state index in [1.165, 1.54) is 15.5 Å². The number of amides is 2. The van der Waals surface area contributed by atoms with Gasteiger partial charge < -0.3 is 20.0 Å². The van der Waals surface area contributed by atoms with E-state index in [1.54, 1.807) is 18.1 Å². The second-order valence-electron chi connectivity index (χ2n) is 13.3. The molecule has 0 radical (unpaired) electrons. The number of aromatic amines is 1. The first kappa shape index (κ1) is 29.9. The highest BCUT2D eigenvalue weighted by atomic mass is 19.1. The summed E-state index contributed by atoms with van der Waals surface area (Å²) in [4.78, 5) is 51.5. The molecular formula is C36H35FN8O3. The first-order chi connectivity index (χ1) is 22.9. The van der Waals surface area contributed by atoms with Crippen molar-refractivity contribution in [3.63, 3.8) is 0 Å². The van der Waals surface area contributed by atoms with Gasteiger partial charge in [0, 0.05) is 42.3 Å². The highest BCUT2D eigenvalue weighted by Gasteiger charge is 2.46. The maximum Gasteiger partial charge on any atom is 0.281 e. The van der Waals surface area contributed by atoms with Crippen molar-refractivity contribution in [1.82, 2.24) is 24.6 Å². The Labute approximate surface area is 275 Å². The number of aromatic nitrogens is 4.